The molecule has 1 heterocycles. The number of H-pyrrole nitrogens is 1. The van der Waals surface area contributed by atoms with Crippen molar-refractivity contribution in [1.82, 2.24) is 10.2 Å². The van der Waals surface area contributed by atoms with Crippen molar-refractivity contribution in [2.45, 2.75) is 27.7 Å². The highest BCUT2D eigenvalue weighted by Gasteiger charge is 2.25. The highest BCUT2D eigenvalue weighted by molar-refractivity contribution is 6.01. The third-order valence-electron chi connectivity index (χ3n) is 2.07. The number of rotatable bonds is 2. The SMILES string of the molecule is Cc1[nH]nc(NC(=O)C(C)(C)C)c1C(=O)O. The van der Waals surface area contributed by atoms with E-state index < -0.39 is 11.4 Å². The number of carbonyl (C=O) groups excluding carboxylic acids is 1. The summed E-state index contributed by atoms with van der Waals surface area (Å²) in [5, 5.41) is 17.7. The van der Waals surface area contributed by atoms with Crippen LogP contribution in [0.5, 0.6) is 0 Å². The van der Waals surface area contributed by atoms with Gasteiger partial charge in [-0.1, -0.05) is 20.8 Å². The van der Waals surface area contributed by atoms with Gasteiger partial charge in [-0.25, -0.2) is 4.79 Å². The molecule has 1 aromatic rings. The molecule has 0 aliphatic rings. The predicted molar refractivity (Wildman–Crippen MR) is 58.4 cm³/mol. The van der Waals surface area contributed by atoms with E-state index in [0.717, 1.165) is 0 Å². The molecule has 3 N–H and O–H groups in total. The Balaban J connectivity index is 2.99. The first kappa shape index (κ1) is 12.2. The zero-order chi connectivity index (χ0) is 12.5. The second-order valence-electron chi connectivity index (χ2n) is 4.58. The molecule has 0 radical (unpaired) electrons. The molecule has 0 aliphatic heterocycles. The molecule has 0 bridgehead atoms. The molecular formula is C10H15N3O3. The molecule has 16 heavy (non-hydrogen) atoms. The van der Waals surface area contributed by atoms with E-state index in [0.29, 0.717) is 5.69 Å². The van der Waals surface area contributed by atoms with Gasteiger partial charge in [-0.05, 0) is 6.92 Å². The van der Waals surface area contributed by atoms with Gasteiger partial charge in [0, 0.05) is 11.1 Å². The van der Waals surface area contributed by atoms with Gasteiger partial charge in [-0.15, -0.1) is 0 Å². The molecule has 0 unspecified atom stereocenters. The summed E-state index contributed by atoms with van der Waals surface area (Å²) in [7, 11) is 0. The van der Waals surface area contributed by atoms with Crippen LogP contribution in [0, 0.1) is 12.3 Å². The van der Waals surface area contributed by atoms with Gasteiger partial charge in [0.15, 0.2) is 5.82 Å². The Morgan fingerprint density at radius 1 is 1.38 bits per heavy atom. The number of carbonyl (C=O) groups is 2. The molecule has 0 atom stereocenters. The molecule has 1 aromatic heterocycles. The lowest BCUT2D eigenvalue weighted by Gasteiger charge is -2.16. The first-order chi connectivity index (χ1) is 7.23. The summed E-state index contributed by atoms with van der Waals surface area (Å²) in [6, 6.07) is 0. The standard InChI is InChI=1S/C10H15N3O3/c1-5-6(8(14)15)7(13-12-5)11-9(16)10(2,3)4/h1-4H3,(H,14,15)(H2,11,12,13,16). The second kappa shape index (κ2) is 3.96. The van der Waals surface area contributed by atoms with Crippen LogP contribution >= 0.6 is 0 Å². The molecule has 0 saturated carbocycles. The highest BCUT2D eigenvalue weighted by Crippen LogP contribution is 2.20. The summed E-state index contributed by atoms with van der Waals surface area (Å²) >= 11 is 0. The largest absolute Gasteiger partial charge is 0.477 e. The van der Waals surface area contributed by atoms with Crippen LogP contribution in [-0.2, 0) is 4.79 Å². The smallest absolute Gasteiger partial charge is 0.341 e. The van der Waals surface area contributed by atoms with Crippen molar-refractivity contribution in [1.29, 1.82) is 0 Å². The van der Waals surface area contributed by atoms with Crippen LogP contribution in [-0.4, -0.2) is 27.2 Å². The molecule has 0 aliphatic carbocycles. The molecule has 1 amide bonds. The van der Waals surface area contributed by atoms with Crippen molar-refractivity contribution in [2.24, 2.45) is 5.41 Å². The Bertz CT molecular complexity index is 429. The summed E-state index contributed by atoms with van der Waals surface area (Å²) in [6.45, 7) is 6.80. The Hall–Kier alpha value is -1.85. The zero-order valence-electron chi connectivity index (χ0n) is 9.71. The monoisotopic (exact) mass is 225 g/mol. The van der Waals surface area contributed by atoms with E-state index in [1.165, 1.54) is 0 Å². The number of carboxylic acids is 1. The van der Waals surface area contributed by atoms with Crippen LogP contribution in [0.4, 0.5) is 5.82 Å². The molecular weight excluding hydrogens is 210 g/mol. The fraction of sp³-hybridized carbons (Fsp3) is 0.500. The van der Waals surface area contributed by atoms with Gasteiger partial charge >= 0.3 is 5.97 Å². The molecule has 0 spiro atoms. The second-order valence-corrected chi connectivity index (χ2v) is 4.58. The van der Waals surface area contributed by atoms with E-state index >= 15 is 0 Å². The Morgan fingerprint density at radius 3 is 2.38 bits per heavy atom. The number of aromatic carboxylic acids is 1. The highest BCUT2D eigenvalue weighted by atomic mass is 16.4. The summed E-state index contributed by atoms with van der Waals surface area (Å²) in [4.78, 5) is 22.6. The molecule has 0 saturated heterocycles. The number of hydrogen-bond donors (Lipinski definition) is 3. The van der Waals surface area contributed by atoms with Gasteiger partial charge in [0.25, 0.3) is 0 Å². The number of hydrogen-bond acceptors (Lipinski definition) is 3. The quantitative estimate of drug-likeness (QED) is 0.709. The predicted octanol–water partition coefficient (Wildman–Crippen LogP) is 1.40. The van der Waals surface area contributed by atoms with E-state index in [1.807, 2.05) is 0 Å². The Morgan fingerprint density at radius 2 is 1.94 bits per heavy atom. The van der Waals surface area contributed by atoms with E-state index in [9.17, 15) is 9.59 Å². The molecule has 88 valence electrons. The lowest BCUT2D eigenvalue weighted by molar-refractivity contribution is -0.123. The van der Waals surface area contributed by atoms with Crippen LogP contribution in [0.1, 0.15) is 36.8 Å². The fourth-order valence-electron chi connectivity index (χ4n) is 1.08. The first-order valence-electron chi connectivity index (χ1n) is 4.83. The van der Waals surface area contributed by atoms with E-state index in [-0.39, 0.29) is 17.3 Å². The molecule has 6 heteroatoms. The van der Waals surface area contributed by atoms with Gasteiger partial charge in [0.05, 0.1) is 0 Å². The average Bonchev–Trinajstić information content (AvgIpc) is 2.45. The number of amides is 1. The van der Waals surface area contributed by atoms with Crippen LogP contribution in [0.3, 0.4) is 0 Å². The van der Waals surface area contributed by atoms with E-state index in [4.69, 9.17) is 5.11 Å². The van der Waals surface area contributed by atoms with Gasteiger partial charge in [-0.2, -0.15) is 5.10 Å². The lowest BCUT2D eigenvalue weighted by Crippen LogP contribution is -2.28. The number of nitrogens with one attached hydrogen (secondary N) is 2. The molecule has 6 nitrogen and oxygen atoms in total. The molecule has 0 fully saturated rings. The van der Waals surface area contributed by atoms with Crippen LogP contribution in [0.15, 0.2) is 0 Å². The van der Waals surface area contributed by atoms with Crippen molar-refractivity contribution < 1.29 is 14.7 Å². The van der Waals surface area contributed by atoms with E-state index in [2.05, 4.69) is 15.5 Å². The summed E-state index contributed by atoms with van der Waals surface area (Å²) in [5.74, 6) is -1.33. The van der Waals surface area contributed by atoms with Crippen molar-refractivity contribution in [3.05, 3.63) is 11.3 Å². The minimum atomic E-state index is -1.12. The number of aromatic nitrogens is 2. The number of carboxylic acid groups (broad SMARTS) is 1. The minimum Gasteiger partial charge on any atom is -0.477 e. The summed E-state index contributed by atoms with van der Waals surface area (Å²) in [6.07, 6.45) is 0. The van der Waals surface area contributed by atoms with Crippen molar-refractivity contribution >= 4 is 17.7 Å². The minimum absolute atomic E-state index is 0.00222. The number of aryl methyl sites for hydroxylation is 1. The lowest BCUT2D eigenvalue weighted by atomic mass is 9.96. The van der Waals surface area contributed by atoms with Gasteiger partial charge in [-0.3, -0.25) is 9.89 Å². The molecule has 0 aromatic carbocycles. The topological polar surface area (TPSA) is 95.1 Å². The first-order valence-corrected chi connectivity index (χ1v) is 4.83. The zero-order valence-corrected chi connectivity index (χ0v) is 9.71. The number of nitrogens with zero attached hydrogens (tertiary/aromatic N) is 1. The number of anilines is 1. The number of aromatic amines is 1. The maximum Gasteiger partial charge on any atom is 0.341 e. The average molecular weight is 225 g/mol. The normalized spacial score (nSPS) is 11.2. The van der Waals surface area contributed by atoms with Crippen molar-refractivity contribution in [2.75, 3.05) is 5.32 Å². The Kier molecular flexibility index (Phi) is 3.02. The van der Waals surface area contributed by atoms with Crippen LogP contribution < -0.4 is 5.32 Å². The Labute approximate surface area is 93.1 Å². The van der Waals surface area contributed by atoms with Crippen LogP contribution in [0.25, 0.3) is 0 Å². The maximum atomic E-state index is 11.7. The summed E-state index contributed by atoms with van der Waals surface area (Å²) in [5.41, 5.74) is -0.183. The van der Waals surface area contributed by atoms with Gasteiger partial charge in [0.1, 0.15) is 5.56 Å². The third kappa shape index (κ3) is 2.39. The molecule has 1 rings (SSSR count). The summed E-state index contributed by atoms with van der Waals surface area (Å²) < 4.78 is 0. The third-order valence-corrected chi connectivity index (χ3v) is 2.07. The van der Waals surface area contributed by atoms with Crippen LogP contribution in [0.2, 0.25) is 0 Å². The van der Waals surface area contributed by atoms with Crippen molar-refractivity contribution in [3.8, 4) is 0 Å². The fourth-order valence-corrected chi connectivity index (χ4v) is 1.08. The van der Waals surface area contributed by atoms with E-state index in [1.54, 1.807) is 27.7 Å². The van der Waals surface area contributed by atoms with Crippen molar-refractivity contribution in [3.63, 3.8) is 0 Å². The van der Waals surface area contributed by atoms with Gasteiger partial charge < -0.3 is 10.4 Å². The van der Waals surface area contributed by atoms with Gasteiger partial charge in [0.2, 0.25) is 5.91 Å². The maximum absolute atomic E-state index is 11.7.